The van der Waals surface area contributed by atoms with Gasteiger partial charge in [-0.3, -0.25) is 10.2 Å². The number of nitrogens with zero attached hydrogens (tertiary/aromatic N) is 1. The van der Waals surface area contributed by atoms with E-state index in [9.17, 15) is 9.59 Å². The Morgan fingerprint density at radius 1 is 1.22 bits per heavy atom. The first-order chi connectivity index (χ1) is 11.1. The van der Waals surface area contributed by atoms with Gasteiger partial charge in [0.25, 0.3) is 5.91 Å². The summed E-state index contributed by atoms with van der Waals surface area (Å²) in [6, 6.07) is 13.9. The lowest BCUT2D eigenvalue weighted by molar-refractivity contribution is -0.122. The Bertz CT molecular complexity index is 748. The molecule has 0 spiro atoms. The topological polar surface area (TPSA) is 87.5 Å². The fourth-order valence-electron chi connectivity index (χ4n) is 2.69. The van der Waals surface area contributed by atoms with Crippen molar-refractivity contribution in [3.63, 3.8) is 0 Å². The summed E-state index contributed by atoms with van der Waals surface area (Å²) in [7, 11) is 0. The van der Waals surface area contributed by atoms with Crippen LogP contribution >= 0.6 is 11.6 Å². The van der Waals surface area contributed by atoms with Crippen molar-refractivity contribution in [1.82, 2.24) is 10.3 Å². The molecule has 118 valence electrons. The molecule has 0 bridgehead atoms. The molecular formula is C16H15ClN4O2. The third-order valence-electron chi connectivity index (χ3n) is 3.73. The van der Waals surface area contributed by atoms with Crippen molar-refractivity contribution < 1.29 is 9.59 Å². The van der Waals surface area contributed by atoms with Crippen LogP contribution in [0.3, 0.4) is 0 Å². The fourth-order valence-corrected chi connectivity index (χ4v) is 2.82. The number of halogens is 1. The average molecular weight is 331 g/mol. The molecule has 2 aromatic rings. The quantitative estimate of drug-likeness (QED) is 0.458. The average Bonchev–Trinajstić information content (AvgIpc) is 2.56. The van der Waals surface area contributed by atoms with Gasteiger partial charge in [-0.1, -0.05) is 41.9 Å². The number of urea groups is 1. The summed E-state index contributed by atoms with van der Waals surface area (Å²) in [4.78, 5) is 25.6. The van der Waals surface area contributed by atoms with Gasteiger partial charge in [0, 0.05) is 16.3 Å². The van der Waals surface area contributed by atoms with Gasteiger partial charge in [0.05, 0.1) is 6.04 Å². The van der Waals surface area contributed by atoms with E-state index in [2.05, 4.69) is 10.7 Å². The maximum atomic E-state index is 12.4. The predicted molar refractivity (Wildman–Crippen MR) is 87.8 cm³/mol. The monoisotopic (exact) mass is 330 g/mol. The number of carbonyl (C=O) groups is 2. The van der Waals surface area contributed by atoms with Crippen molar-refractivity contribution in [3.05, 3.63) is 64.7 Å². The number of hydrogen-bond donors (Lipinski definition) is 3. The van der Waals surface area contributed by atoms with Crippen molar-refractivity contribution in [1.29, 1.82) is 0 Å². The van der Waals surface area contributed by atoms with Crippen LogP contribution in [0.15, 0.2) is 48.5 Å². The number of nitrogens with two attached hydrogens (primary N) is 1. The number of hydrogen-bond acceptors (Lipinski definition) is 3. The van der Waals surface area contributed by atoms with Crippen molar-refractivity contribution in [2.45, 2.75) is 6.04 Å². The molecule has 0 unspecified atom stereocenters. The summed E-state index contributed by atoms with van der Waals surface area (Å²) in [6.45, 7) is -0.149. The van der Waals surface area contributed by atoms with Crippen LogP contribution in [0.2, 0.25) is 5.02 Å². The van der Waals surface area contributed by atoms with E-state index in [0.717, 1.165) is 16.8 Å². The second kappa shape index (κ2) is 6.28. The maximum Gasteiger partial charge on any atom is 0.323 e. The zero-order valence-corrected chi connectivity index (χ0v) is 12.9. The fraction of sp³-hybridized carbons (Fsp3) is 0.125. The molecule has 1 atom stereocenters. The number of amides is 3. The standard InChI is InChI=1S/C16H15ClN4O2/c17-11-7-5-10(6-8-11)15-12-3-1-2-4-13(12)19-16(23)21(15)9-14(22)20-18/h1-8,15H,9,18H2,(H,19,23)(H,20,22)/t15-/m0/s1. The van der Waals surface area contributed by atoms with Gasteiger partial charge < -0.3 is 10.2 Å². The number of hydrazine groups is 1. The lowest BCUT2D eigenvalue weighted by Crippen LogP contribution is -2.48. The molecule has 0 aliphatic carbocycles. The molecule has 0 fully saturated rings. The first-order valence-corrected chi connectivity index (χ1v) is 7.39. The van der Waals surface area contributed by atoms with E-state index in [4.69, 9.17) is 17.4 Å². The third-order valence-corrected chi connectivity index (χ3v) is 3.98. The van der Waals surface area contributed by atoms with Crippen LogP contribution in [0, 0.1) is 0 Å². The maximum absolute atomic E-state index is 12.4. The third kappa shape index (κ3) is 2.99. The van der Waals surface area contributed by atoms with E-state index >= 15 is 0 Å². The number of benzene rings is 2. The second-order valence-electron chi connectivity index (χ2n) is 5.17. The van der Waals surface area contributed by atoms with E-state index in [1.165, 1.54) is 4.90 Å². The number of carbonyl (C=O) groups excluding carboxylic acids is 2. The van der Waals surface area contributed by atoms with Crippen molar-refractivity contribution in [2.75, 3.05) is 11.9 Å². The van der Waals surface area contributed by atoms with E-state index in [-0.39, 0.29) is 12.6 Å². The highest BCUT2D eigenvalue weighted by Gasteiger charge is 2.34. The number of para-hydroxylation sites is 1. The summed E-state index contributed by atoms with van der Waals surface area (Å²) in [5, 5.41) is 3.40. The second-order valence-corrected chi connectivity index (χ2v) is 5.60. The first-order valence-electron chi connectivity index (χ1n) is 7.01. The minimum absolute atomic E-state index is 0.149. The number of anilines is 1. The van der Waals surface area contributed by atoms with Gasteiger partial charge in [-0.25, -0.2) is 10.6 Å². The Balaban J connectivity index is 2.09. The van der Waals surface area contributed by atoms with Crippen molar-refractivity contribution in [2.24, 2.45) is 5.84 Å². The Morgan fingerprint density at radius 2 is 1.91 bits per heavy atom. The lowest BCUT2D eigenvalue weighted by Gasteiger charge is -2.37. The number of rotatable bonds is 3. The molecule has 7 heteroatoms. The molecule has 6 nitrogen and oxygen atoms in total. The Labute approximate surface area is 138 Å². The lowest BCUT2D eigenvalue weighted by atomic mass is 9.94. The van der Waals surface area contributed by atoms with Crippen LogP contribution in [0.5, 0.6) is 0 Å². The molecular weight excluding hydrogens is 316 g/mol. The Morgan fingerprint density at radius 3 is 2.61 bits per heavy atom. The zero-order valence-electron chi connectivity index (χ0n) is 12.1. The SMILES string of the molecule is NNC(=O)CN1C(=O)Nc2ccccc2[C@@H]1c1ccc(Cl)cc1. The van der Waals surface area contributed by atoms with Crippen molar-refractivity contribution >= 4 is 29.2 Å². The molecule has 3 rings (SSSR count). The smallest absolute Gasteiger partial charge is 0.307 e. The van der Waals surface area contributed by atoms with Gasteiger partial charge in [-0.2, -0.15) is 0 Å². The number of fused-ring (bicyclic) bond motifs is 1. The van der Waals surface area contributed by atoms with Crippen LogP contribution in [0.4, 0.5) is 10.5 Å². The van der Waals surface area contributed by atoms with Gasteiger partial charge in [0.2, 0.25) is 0 Å². The van der Waals surface area contributed by atoms with Gasteiger partial charge >= 0.3 is 6.03 Å². The normalized spacial score (nSPS) is 16.5. The van der Waals surface area contributed by atoms with Gasteiger partial charge in [0.1, 0.15) is 6.54 Å². The van der Waals surface area contributed by atoms with E-state index < -0.39 is 11.9 Å². The minimum Gasteiger partial charge on any atom is -0.307 e. The highest BCUT2D eigenvalue weighted by atomic mass is 35.5. The Kier molecular flexibility index (Phi) is 4.18. The minimum atomic E-state index is -0.446. The number of nitrogens with one attached hydrogen (secondary N) is 2. The molecule has 0 saturated heterocycles. The van der Waals surface area contributed by atoms with E-state index in [0.29, 0.717) is 5.02 Å². The molecule has 0 saturated carbocycles. The van der Waals surface area contributed by atoms with Crippen molar-refractivity contribution in [3.8, 4) is 0 Å². The molecule has 2 aromatic carbocycles. The zero-order chi connectivity index (χ0) is 16.4. The Hall–Kier alpha value is -2.57. The summed E-state index contributed by atoms with van der Waals surface area (Å²) in [6.07, 6.45) is 0. The highest BCUT2D eigenvalue weighted by Crippen LogP contribution is 2.37. The molecule has 4 N–H and O–H groups in total. The van der Waals surface area contributed by atoms with E-state index in [1.54, 1.807) is 12.1 Å². The van der Waals surface area contributed by atoms with E-state index in [1.807, 2.05) is 36.4 Å². The predicted octanol–water partition coefficient (Wildman–Crippen LogP) is 2.27. The highest BCUT2D eigenvalue weighted by molar-refractivity contribution is 6.30. The van der Waals surface area contributed by atoms with Crippen LogP contribution in [-0.2, 0) is 4.79 Å². The first kappa shape index (κ1) is 15.3. The van der Waals surface area contributed by atoms with Gasteiger partial charge in [0.15, 0.2) is 0 Å². The largest absolute Gasteiger partial charge is 0.323 e. The molecule has 3 amide bonds. The van der Waals surface area contributed by atoms with Crippen LogP contribution < -0.4 is 16.6 Å². The molecule has 0 aromatic heterocycles. The summed E-state index contributed by atoms with van der Waals surface area (Å²) in [5.41, 5.74) is 4.54. The molecule has 1 heterocycles. The van der Waals surface area contributed by atoms with Crippen LogP contribution in [0.1, 0.15) is 17.2 Å². The molecule has 1 aliphatic heterocycles. The van der Waals surface area contributed by atoms with Gasteiger partial charge in [-0.15, -0.1) is 0 Å². The molecule has 23 heavy (non-hydrogen) atoms. The molecule has 1 aliphatic rings. The molecule has 0 radical (unpaired) electrons. The van der Waals surface area contributed by atoms with Gasteiger partial charge in [-0.05, 0) is 23.8 Å². The summed E-state index contributed by atoms with van der Waals surface area (Å²) in [5.74, 6) is 4.71. The van der Waals surface area contributed by atoms with Crippen LogP contribution in [-0.4, -0.2) is 23.4 Å². The summed E-state index contributed by atoms with van der Waals surface area (Å²) < 4.78 is 0. The summed E-state index contributed by atoms with van der Waals surface area (Å²) >= 11 is 5.95. The van der Waals surface area contributed by atoms with Crippen LogP contribution in [0.25, 0.3) is 0 Å².